The third-order valence-electron chi connectivity index (χ3n) is 4.92. The molecule has 0 radical (unpaired) electrons. The van der Waals surface area contributed by atoms with Crippen LogP contribution in [0.5, 0.6) is 0 Å². The molecule has 0 unspecified atom stereocenters. The summed E-state index contributed by atoms with van der Waals surface area (Å²) in [6.07, 6.45) is 2.99. The van der Waals surface area contributed by atoms with Gasteiger partial charge >= 0.3 is 5.97 Å². The predicted octanol–water partition coefficient (Wildman–Crippen LogP) is 2.38. The molecule has 10 nitrogen and oxygen atoms in total. The number of nitrogens with zero attached hydrogens (tertiary/aromatic N) is 4. The second-order valence-corrected chi connectivity index (χ2v) is 8.84. The van der Waals surface area contributed by atoms with Gasteiger partial charge in [-0.05, 0) is 56.3 Å². The van der Waals surface area contributed by atoms with Crippen LogP contribution in [0, 0.1) is 13.8 Å². The summed E-state index contributed by atoms with van der Waals surface area (Å²) in [7, 11) is -2.67. The van der Waals surface area contributed by atoms with Gasteiger partial charge in [0.05, 0.1) is 34.2 Å². The second kappa shape index (κ2) is 8.43. The molecule has 0 fully saturated rings. The maximum atomic E-state index is 13.1. The van der Waals surface area contributed by atoms with Crippen LogP contribution in [0.15, 0.2) is 64.5 Å². The van der Waals surface area contributed by atoms with Crippen molar-refractivity contribution in [3.63, 3.8) is 0 Å². The molecule has 4 aromatic rings. The van der Waals surface area contributed by atoms with Crippen molar-refractivity contribution < 1.29 is 17.9 Å². The summed E-state index contributed by atoms with van der Waals surface area (Å²) in [5, 5.41) is 0.235. The molecule has 11 heteroatoms. The number of carbonyl (C=O) groups excluding carboxylic acids is 1. The van der Waals surface area contributed by atoms with Crippen LogP contribution < -0.4 is 10.3 Å². The van der Waals surface area contributed by atoms with Gasteiger partial charge in [0.25, 0.3) is 15.6 Å². The van der Waals surface area contributed by atoms with E-state index in [9.17, 15) is 18.0 Å². The zero-order chi connectivity index (χ0) is 23.8. The highest BCUT2D eigenvalue weighted by atomic mass is 32.2. The first-order chi connectivity index (χ1) is 15.7. The molecule has 0 aliphatic rings. The number of pyridine rings is 2. The highest BCUT2D eigenvalue weighted by molar-refractivity contribution is 7.92. The van der Waals surface area contributed by atoms with E-state index in [-0.39, 0.29) is 21.8 Å². The predicted molar refractivity (Wildman–Crippen MR) is 121 cm³/mol. The van der Waals surface area contributed by atoms with Crippen molar-refractivity contribution in [1.82, 2.24) is 19.5 Å². The summed E-state index contributed by atoms with van der Waals surface area (Å²) >= 11 is 0. The molecule has 1 N–H and O–H groups in total. The Bertz CT molecular complexity index is 1550. The lowest BCUT2D eigenvalue weighted by Crippen LogP contribution is -2.19. The first-order valence-corrected chi connectivity index (χ1v) is 11.2. The van der Waals surface area contributed by atoms with Crippen molar-refractivity contribution in [2.75, 3.05) is 11.8 Å². The van der Waals surface area contributed by atoms with Gasteiger partial charge in [0, 0.05) is 23.8 Å². The van der Waals surface area contributed by atoms with Crippen molar-refractivity contribution in [3.8, 4) is 5.69 Å². The van der Waals surface area contributed by atoms with Gasteiger partial charge in [-0.3, -0.25) is 14.3 Å². The van der Waals surface area contributed by atoms with Crippen LogP contribution in [0.3, 0.4) is 0 Å². The number of anilines is 1. The number of esters is 1. The summed E-state index contributed by atoms with van der Waals surface area (Å²) in [5.41, 5.74) is 1.73. The summed E-state index contributed by atoms with van der Waals surface area (Å²) < 4.78 is 33.7. The van der Waals surface area contributed by atoms with Crippen LogP contribution in [0.1, 0.15) is 21.7 Å². The number of sulfonamides is 1. The monoisotopic (exact) mass is 465 g/mol. The number of fused-ring (bicyclic) bond motifs is 1. The Kier molecular flexibility index (Phi) is 5.64. The van der Waals surface area contributed by atoms with Crippen molar-refractivity contribution in [3.05, 3.63) is 82.2 Å². The van der Waals surface area contributed by atoms with Crippen LogP contribution in [0.2, 0.25) is 0 Å². The quantitative estimate of drug-likeness (QED) is 0.444. The van der Waals surface area contributed by atoms with Gasteiger partial charge in [-0.25, -0.2) is 27.9 Å². The summed E-state index contributed by atoms with van der Waals surface area (Å²) in [6, 6.07) is 10.5. The molecule has 168 valence electrons. The Morgan fingerprint density at radius 3 is 2.45 bits per heavy atom. The van der Waals surface area contributed by atoms with E-state index in [4.69, 9.17) is 4.74 Å². The van der Waals surface area contributed by atoms with Gasteiger partial charge in [-0.15, -0.1) is 0 Å². The third kappa shape index (κ3) is 4.30. The van der Waals surface area contributed by atoms with E-state index in [1.807, 2.05) is 0 Å². The largest absolute Gasteiger partial charge is 0.465 e. The molecular formula is C22H19N5O5S. The standard InChI is InChI=1S/C22H19N5O5S/c1-13-8-10-23-22(24-13)26-33(30,31)16-6-4-15(5-7-16)27-11-9-19-18(20(27)28)12-17(14(2)25-19)21(29)32-3/h4-12H,1-3H3,(H,23,24,26). The molecule has 1 aromatic carbocycles. The highest BCUT2D eigenvalue weighted by Crippen LogP contribution is 2.18. The Hall–Kier alpha value is -4.12. The molecule has 0 saturated carbocycles. The van der Waals surface area contributed by atoms with E-state index in [0.717, 1.165) is 0 Å². The zero-order valence-electron chi connectivity index (χ0n) is 17.9. The Labute approximate surface area is 189 Å². The summed E-state index contributed by atoms with van der Waals surface area (Å²) in [6.45, 7) is 3.38. The van der Waals surface area contributed by atoms with Gasteiger partial charge in [0.1, 0.15) is 0 Å². The van der Waals surface area contributed by atoms with Crippen LogP contribution >= 0.6 is 0 Å². The minimum atomic E-state index is -3.92. The minimum absolute atomic E-state index is 0.0181. The molecule has 0 spiro atoms. The maximum Gasteiger partial charge on any atom is 0.339 e. The van der Waals surface area contributed by atoms with Gasteiger partial charge < -0.3 is 4.74 Å². The third-order valence-corrected chi connectivity index (χ3v) is 6.27. The fraction of sp³-hybridized carbons (Fsp3) is 0.136. The molecule has 3 heterocycles. The van der Waals surface area contributed by atoms with Gasteiger partial charge in [0.2, 0.25) is 5.95 Å². The molecule has 33 heavy (non-hydrogen) atoms. The van der Waals surface area contributed by atoms with Gasteiger partial charge in [-0.2, -0.15) is 0 Å². The van der Waals surface area contributed by atoms with Crippen LogP contribution in [-0.4, -0.2) is 41.0 Å². The zero-order valence-corrected chi connectivity index (χ0v) is 18.8. The maximum absolute atomic E-state index is 13.1. The first-order valence-electron chi connectivity index (χ1n) is 9.74. The number of hydrogen-bond donors (Lipinski definition) is 1. The number of hydrogen-bond acceptors (Lipinski definition) is 8. The molecule has 0 amide bonds. The smallest absolute Gasteiger partial charge is 0.339 e. The van der Waals surface area contributed by atoms with Gasteiger partial charge in [0.15, 0.2) is 0 Å². The van der Waals surface area contributed by atoms with Gasteiger partial charge in [-0.1, -0.05) is 0 Å². The molecule has 0 saturated heterocycles. The number of nitrogens with one attached hydrogen (secondary N) is 1. The number of aryl methyl sites for hydroxylation is 2. The molecule has 4 rings (SSSR count). The van der Waals surface area contributed by atoms with E-state index < -0.39 is 21.6 Å². The van der Waals surface area contributed by atoms with Crippen LogP contribution in [-0.2, 0) is 14.8 Å². The molecule has 0 atom stereocenters. The number of aromatic nitrogens is 4. The van der Waals surface area contributed by atoms with Crippen LogP contribution in [0.4, 0.5) is 5.95 Å². The van der Waals surface area contributed by atoms with E-state index in [2.05, 4.69) is 19.7 Å². The molecule has 3 aromatic heterocycles. The number of benzene rings is 1. The molecule has 0 aliphatic heterocycles. The summed E-state index contributed by atoms with van der Waals surface area (Å²) in [4.78, 5) is 37.3. The molecule has 0 aliphatic carbocycles. The second-order valence-electron chi connectivity index (χ2n) is 7.16. The fourth-order valence-corrected chi connectivity index (χ4v) is 4.20. The van der Waals surface area contributed by atoms with Crippen LogP contribution in [0.25, 0.3) is 16.6 Å². The minimum Gasteiger partial charge on any atom is -0.465 e. The Morgan fingerprint density at radius 1 is 1.06 bits per heavy atom. The number of rotatable bonds is 5. The lowest BCUT2D eigenvalue weighted by Gasteiger charge is -2.11. The van der Waals surface area contributed by atoms with E-state index in [1.165, 1.54) is 54.4 Å². The number of ether oxygens (including phenoxy) is 1. The Balaban J connectivity index is 1.70. The topological polar surface area (TPSA) is 133 Å². The average molecular weight is 465 g/mol. The fourth-order valence-electron chi connectivity index (χ4n) is 3.25. The van der Waals surface area contributed by atoms with Crippen molar-refractivity contribution in [2.45, 2.75) is 18.7 Å². The lowest BCUT2D eigenvalue weighted by molar-refractivity contribution is 0.0599. The SMILES string of the molecule is COC(=O)c1cc2c(=O)n(-c3ccc(S(=O)(=O)Nc4nccc(C)n4)cc3)ccc2nc1C. The normalized spacial score (nSPS) is 11.4. The van der Waals surface area contributed by atoms with E-state index in [0.29, 0.717) is 22.6 Å². The molecular weight excluding hydrogens is 446 g/mol. The highest BCUT2D eigenvalue weighted by Gasteiger charge is 2.17. The van der Waals surface area contributed by atoms with E-state index in [1.54, 1.807) is 26.0 Å². The molecule has 0 bridgehead atoms. The van der Waals surface area contributed by atoms with E-state index >= 15 is 0 Å². The van der Waals surface area contributed by atoms with Crippen molar-refractivity contribution in [1.29, 1.82) is 0 Å². The first kappa shape index (κ1) is 22.1. The number of carbonyl (C=O) groups is 1. The summed E-state index contributed by atoms with van der Waals surface area (Å²) in [5.74, 6) is -0.620. The lowest BCUT2D eigenvalue weighted by atomic mass is 10.1. The van der Waals surface area contributed by atoms with Crippen molar-refractivity contribution in [2.24, 2.45) is 0 Å². The Morgan fingerprint density at radius 2 is 1.79 bits per heavy atom. The average Bonchev–Trinajstić information content (AvgIpc) is 2.78. The number of methoxy groups -OCH3 is 1. The van der Waals surface area contributed by atoms with Crippen molar-refractivity contribution >= 4 is 32.8 Å².